The lowest BCUT2D eigenvalue weighted by Gasteiger charge is -2.31. The van der Waals surface area contributed by atoms with E-state index in [1.54, 1.807) is 11.8 Å². The summed E-state index contributed by atoms with van der Waals surface area (Å²) in [6.45, 7) is 2.09. The fourth-order valence-electron chi connectivity index (χ4n) is 2.26. The van der Waals surface area contributed by atoms with Crippen molar-refractivity contribution in [3.05, 3.63) is 35.4 Å². The number of aliphatic hydroxyl groups is 1. The van der Waals surface area contributed by atoms with Crippen LogP contribution >= 0.6 is 23.5 Å². The molecule has 0 bridgehead atoms. The molecule has 1 aliphatic rings. The first-order valence-corrected chi connectivity index (χ1v) is 8.55. The quantitative estimate of drug-likeness (QED) is 0.913. The minimum atomic E-state index is -4.30. The number of thioether (sulfide) groups is 2. The lowest BCUT2D eigenvalue weighted by atomic mass is 10.0. The summed E-state index contributed by atoms with van der Waals surface area (Å²) in [6.07, 6.45) is -4.41. The molecule has 6 heteroatoms. The van der Waals surface area contributed by atoms with Crippen molar-refractivity contribution in [2.24, 2.45) is 0 Å². The van der Waals surface area contributed by atoms with E-state index in [1.807, 2.05) is 11.8 Å². The predicted octanol–water partition coefficient (Wildman–Crippen LogP) is 3.85. The maximum atomic E-state index is 12.5. The van der Waals surface area contributed by atoms with Crippen LogP contribution in [0.5, 0.6) is 0 Å². The Balaban J connectivity index is 1.99. The molecule has 1 aliphatic heterocycles. The topological polar surface area (TPSA) is 20.2 Å². The molecule has 3 atom stereocenters. The van der Waals surface area contributed by atoms with Crippen molar-refractivity contribution in [3.63, 3.8) is 0 Å². The summed E-state index contributed by atoms with van der Waals surface area (Å²) in [5, 5.41) is 10.8. The molecule has 1 N–H and O–H groups in total. The van der Waals surface area contributed by atoms with Gasteiger partial charge in [-0.25, -0.2) is 0 Å². The molecule has 0 amide bonds. The summed E-state index contributed by atoms with van der Waals surface area (Å²) < 4.78 is 37.4. The third kappa shape index (κ3) is 4.09. The van der Waals surface area contributed by atoms with Crippen molar-refractivity contribution >= 4 is 23.5 Å². The molecule has 1 aromatic carbocycles. The Kier molecular flexibility index (Phi) is 5.31. The van der Waals surface area contributed by atoms with Crippen molar-refractivity contribution < 1.29 is 18.3 Å². The van der Waals surface area contributed by atoms with E-state index in [1.165, 1.54) is 12.1 Å². The van der Waals surface area contributed by atoms with Crippen LogP contribution in [-0.4, -0.2) is 33.2 Å². The lowest BCUT2D eigenvalue weighted by Crippen LogP contribution is -2.36. The molecule has 3 unspecified atom stereocenters. The van der Waals surface area contributed by atoms with Crippen LogP contribution in [0.4, 0.5) is 13.2 Å². The van der Waals surface area contributed by atoms with E-state index in [4.69, 9.17) is 0 Å². The first-order chi connectivity index (χ1) is 9.38. The van der Waals surface area contributed by atoms with Crippen LogP contribution in [-0.2, 0) is 12.6 Å². The molecule has 2 rings (SSSR count). The summed E-state index contributed by atoms with van der Waals surface area (Å²) in [7, 11) is 0. The molecule has 1 fully saturated rings. The predicted molar refractivity (Wildman–Crippen MR) is 79.3 cm³/mol. The van der Waals surface area contributed by atoms with Crippen molar-refractivity contribution in [3.8, 4) is 0 Å². The van der Waals surface area contributed by atoms with E-state index in [2.05, 4.69) is 6.92 Å². The Bertz CT molecular complexity index is 433. The second-order valence-corrected chi connectivity index (χ2v) is 7.65. The van der Waals surface area contributed by atoms with Crippen LogP contribution in [0.1, 0.15) is 18.1 Å². The van der Waals surface area contributed by atoms with Gasteiger partial charge in [0.2, 0.25) is 0 Å². The van der Waals surface area contributed by atoms with E-state index >= 15 is 0 Å². The smallest absolute Gasteiger partial charge is 0.392 e. The Labute approximate surface area is 125 Å². The van der Waals surface area contributed by atoms with Crippen LogP contribution < -0.4 is 0 Å². The van der Waals surface area contributed by atoms with E-state index in [-0.39, 0.29) is 5.25 Å². The highest BCUT2D eigenvalue weighted by atomic mass is 32.2. The third-order valence-electron chi connectivity index (χ3n) is 3.34. The summed E-state index contributed by atoms with van der Waals surface area (Å²) in [4.78, 5) is 0. The molecule has 20 heavy (non-hydrogen) atoms. The Morgan fingerprint density at radius 3 is 2.35 bits per heavy atom. The van der Waals surface area contributed by atoms with Crippen molar-refractivity contribution in [1.82, 2.24) is 0 Å². The number of benzene rings is 1. The van der Waals surface area contributed by atoms with Crippen molar-refractivity contribution in [2.75, 3.05) is 11.5 Å². The SMILES string of the molecule is CC1SCCSC1C(O)Cc1ccc(C(F)(F)F)cc1. The zero-order valence-corrected chi connectivity index (χ0v) is 12.7. The number of alkyl halides is 3. The van der Waals surface area contributed by atoms with Gasteiger partial charge in [0.05, 0.1) is 11.7 Å². The molecule has 1 nitrogen and oxygen atoms in total. The number of halogens is 3. The number of rotatable bonds is 3. The fraction of sp³-hybridized carbons (Fsp3) is 0.571. The summed E-state index contributed by atoms with van der Waals surface area (Å²) in [5.41, 5.74) is 0.0978. The Morgan fingerprint density at radius 2 is 1.80 bits per heavy atom. The van der Waals surface area contributed by atoms with Crippen LogP contribution in [0, 0.1) is 0 Å². The lowest BCUT2D eigenvalue weighted by molar-refractivity contribution is -0.137. The molecular weight excluding hydrogens is 305 g/mol. The largest absolute Gasteiger partial charge is 0.416 e. The molecule has 0 spiro atoms. The second kappa shape index (κ2) is 6.62. The average molecular weight is 322 g/mol. The average Bonchev–Trinajstić information content (AvgIpc) is 2.38. The van der Waals surface area contributed by atoms with Gasteiger partial charge in [0, 0.05) is 22.0 Å². The van der Waals surface area contributed by atoms with Crippen LogP contribution in [0.15, 0.2) is 24.3 Å². The summed E-state index contributed by atoms with van der Waals surface area (Å²) in [5.74, 6) is 2.11. The van der Waals surface area contributed by atoms with Gasteiger partial charge in [-0.15, -0.1) is 0 Å². The first kappa shape index (κ1) is 16.0. The highest BCUT2D eigenvalue weighted by molar-refractivity contribution is 8.07. The Morgan fingerprint density at radius 1 is 1.20 bits per heavy atom. The fourth-order valence-corrected chi connectivity index (χ4v) is 5.11. The van der Waals surface area contributed by atoms with Gasteiger partial charge in [0.1, 0.15) is 0 Å². The van der Waals surface area contributed by atoms with E-state index in [0.717, 1.165) is 29.2 Å². The number of hydrogen-bond acceptors (Lipinski definition) is 3. The van der Waals surface area contributed by atoms with E-state index in [0.29, 0.717) is 11.7 Å². The monoisotopic (exact) mass is 322 g/mol. The molecule has 0 radical (unpaired) electrons. The second-order valence-electron chi connectivity index (χ2n) is 4.88. The van der Waals surface area contributed by atoms with Gasteiger partial charge in [-0.05, 0) is 24.1 Å². The van der Waals surface area contributed by atoms with Crippen molar-refractivity contribution in [1.29, 1.82) is 0 Å². The minimum absolute atomic E-state index is 0.149. The maximum absolute atomic E-state index is 12.5. The molecular formula is C14H17F3OS2. The zero-order valence-electron chi connectivity index (χ0n) is 11.1. The van der Waals surface area contributed by atoms with Crippen molar-refractivity contribution in [2.45, 2.75) is 36.1 Å². The summed E-state index contributed by atoms with van der Waals surface area (Å²) in [6, 6.07) is 5.07. The van der Waals surface area contributed by atoms with Gasteiger partial charge >= 0.3 is 6.18 Å². The molecule has 1 heterocycles. The van der Waals surface area contributed by atoms with Crippen LogP contribution in [0.25, 0.3) is 0 Å². The van der Waals surface area contributed by atoms with Gasteiger partial charge in [-0.3, -0.25) is 0 Å². The maximum Gasteiger partial charge on any atom is 0.416 e. The number of aliphatic hydroxyl groups excluding tert-OH is 1. The summed E-state index contributed by atoms with van der Waals surface area (Å²) >= 11 is 3.60. The Hall–Kier alpha value is -0.330. The standard InChI is InChI=1S/C14H17F3OS2/c1-9-13(20-7-6-19-9)12(18)8-10-2-4-11(5-3-10)14(15,16)17/h2-5,9,12-13,18H,6-8H2,1H3. The third-order valence-corrected chi connectivity index (χ3v) is 6.58. The first-order valence-electron chi connectivity index (χ1n) is 6.45. The minimum Gasteiger partial charge on any atom is -0.392 e. The normalized spacial score (nSPS) is 25.4. The van der Waals surface area contributed by atoms with Gasteiger partial charge in [0.25, 0.3) is 0 Å². The molecule has 0 saturated carbocycles. The van der Waals surface area contributed by atoms with Crippen LogP contribution in [0.3, 0.4) is 0 Å². The van der Waals surface area contributed by atoms with Gasteiger partial charge in [-0.2, -0.15) is 36.7 Å². The zero-order chi connectivity index (χ0) is 14.8. The van der Waals surface area contributed by atoms with Gasteiger partial charge in [0.15, 0.2) is 0 Å². The van der Waals surface area contributed by atoms with E-state index in [9.17, 15) is 18.3 Å². The molecule has 0 aliphatic carbocycles. The van der Waals surface area contributed by atoms with Gasteiger partial charge < -0.3 is 5.11 Å². The molecule has 1 aromatic rings. The van der Waals surface area contributed by atoms with Gasteiger partial charge in [-0.1, -0.05) is 19.1 Å². The molecule has 112 valence electrons. The highest BCUT2D eigenvalue weighted by Gasteiger charge is 2.31. The molecule has 1 saturated heterocycles. The highest BCUT2D eigenvalue weighted by Crippen LogP contribution is 2.34. The number of hydrogen-bond donors (Lipinski definition) is 1. The van der Waals surface area contributed by atoms with Crippen LogP contribution in [0.2, 0.25) is 0 Å². The molecule has 0 aromatic heterocycles. The van der Waals surface area contributed by atoms with E-state index < -0.39 is 17.8 Å².